The highest BCUT2D eigenvalue weighted by Gasteiger charge is 2.04. The van der Waals surface area contributed by atoms with Gasteiger partial charge in [0.05, 0.1) is 5.71 Å². The van der Waals surface area contributed by atoms with Crippen molar-refractivity contribution in [3.8, 4) is 5.75 Å². The van der Waals surface area contributed by atoms with Crippen LogP contribution in [0.3, 0.4) is 0 Å². The van der Waals surface area contributed by atoms with E-state index in [0.29, 0.717) is 12.2 Å². The second-order valence-electron chi connectivity index (χ2n) is 3.96. The molecule has 0 fully saturated rings. The third-order valence-electron chi connectivity index (χ3n) is 2.58. The number of amides is 1. The summed E-state index contributed by atoms with van der Waals surface area (Å²) in [6.45, 7) is 1.96. The van der Waals surface area contributed by atoms with Crippen LogP contribution in [-0.2, 0) is 0 Å². The number of hydrogen-bond donors (Lipinski definition) is 1. The largest absolute Gasteiger partial charge is 0.433 e. The topological polar surface area (TPSA) is 63.6 Å². The van der Waals surface area contributed by atoms with Gasteiger partial charge in [-0.1, -0.05) is 25.1 Å². The van der Waals surface area contributed by atoms with Crippen LogP contribution in [0.4, 0.5) is 4.79 Å². The lowest BCUT2D eigenvalue weighted by Gasteiger charge is -2.05. The molecule has 0 spiro atoms. The second-order valence-corrected chi connectivity index (χ2v) is 3.96. The summed E-state index contributed by atoms with van der Waals surface area (Å²) in [5.74, 6) is 0.474. The summed E-state index contributed by atoms with van der Waals surface area (Å²) in [7, 11) is 0. The van der Waals surface area contributed by atoms with E-state index in [-0.39, 0.29) is 0 Å². The van der Waals surface area contributed by atoms with Crippen molar-refractivity contribution in [2.45, 2.75) is 13.3 Å². The van der Waals surface area contributed by atoms with Gasteiger partial charge in [0.15, 0.2) is 0 Å². The maximum atomic E-state index is 11.6. The van der Waals surface area contributed by atoms with Crippen molar-refractivity contribution < 1.29 is 9.53 Å². The highest BCUT2D eigenvalue weighted by atomic mass is 16.6. The first kappa shape index (κ1) is 13.7. The van der Waals surface area contributed by atoms with Gasteiger partial charge in [-0.05, 0) is 30.7 Å². The zero-order valence-electron chi connectivity index (χ0n) is 11.1. The fraction of sp³-hybridized carbons (Fsp3) is 0.133. The lowest BCUT2D eigenvalue weighted by Crippen LogP contribution is -2.23. The average molecular weight is 269 g/mol. The highest BCUT2D eigenvalue weighted by Crippen LogP contribution is 2.08. The Bertz CT molecular complexity index is 583. The molecule has 0 unspecified atom stereocenters. The summed E-state index contributed by atoms with van der Waals surface area (Å²) in [6.07, 6.45) is 3.44. The SMILES string of the molecule is CCC(=NNC(=O)Oc1ccccc1)c1ccncc1. The normalized spacial score (nSPS) is 10.9. The van der Waals surface area contributed by atoms with Crippen molar-refractivity contribution in [3.05, 3.63) is 60.4 Å². The van der Waals surface area contributed by atoms with E-state index in [2.05, 4.69) is 15.5 Å². The quantitative estimate of drug-likeness (QED) is 0.685. The first-order chi connectivity index (χ1) is 9.79. The third kappa shape index (κ3) is 3.91. The summed E-state index contributed by atoms with van der Waals surface area (Å²) in [5.41, 5.74) is 4.07. The molecule has 0 bridgehead atoms. The van der Waals surface area contributed by atoms with Crippen LogP contribution in [0, 0.1) is 0 Å². The minimum atomic E-state index is -0.615. The first-order valence-electron chi connectivity index (χ1n) is 6.29. The number of hydrogen-bond acceptors (Lipinski definition) is 4. The summed E-state index contributed by atoms with van der Waals surface area (Å²) < 4.78 is 5.08. The summed E-state index contributed by atoms with van der Waals surface area (Å²) in [6, 6.07) is 12.5. The van der Waals surface area contributed by atoms with E-state index in [0.717, 1.165) is 11.3 Å². The Morgan fingerprint density at radius 1 is 1.20 bits per heavy atom. The van der Waals surface area contributed by atoms with Crippen LogP contribution in [0.1, 0.15) is 18.9 Å². The molecule has 0 radical (unpaired) electrons. The number of para-hydroxylation sites is 1. The van der Waals surface area contributed by atoms with Crippen LogP contribution in [0.5, 0.6) is 5.75 Å². The molecular formula is C15H15N3O2. The highest BCUT2D eigenvalue weighted by molar-refractivity contribution is 6.00. The molecule has 0 saturated heterocycles. The Morgan fingerprint density at radius 2 is 1.90 bits per heavy atom. The van der Waals surface area contributed by atoms with Crippen molar-refractivity contribution in [1.82, 2.24) is 10.4 Å². The Morgan fingerprint density at radius 3 is 2.55 bits per heavy atom. The second kappa shape index (κ2) is 7.04. The van der Waals surface area contributed by atoms with Crippen LogP contribution < -0.4 is 10.2 Å². The number of aromatic nitrogens is 1. The molecule has 1 N–H and O–H groups in total. The molecule has 2 rings (SSSR count). The zero-order chi connectivity index (χ0) is 14.2. The van der Waals surface area contributed by atoms with Gasteiger partial charge in [-0.3, -0.25) is 4.98 Å². The van der Waals surface area contributed by atoms with Gasteiger partial charge in [-0.25, -0.2) is 10.2 Å². The van der Waals surface area contributed by atoms with Gasteiger partial charge < -0.3 is 4.74 Å². The van der Waals surface area contributed by atoms with Crippen LogP contribution in [-0.4, -0.2) is 16.8 Å². The van der Waals surface area contributed by atoms with Crippen molar-refractivity contribution in [1.29, 1.82) is 0 Å². The zero-order valence-corrected chi connectivity index (χ0v) is 11.1. The van der Waals surface area contributed by atoms with E-state index in [4.69, 9.17) is 4.74 Å². The fourth-order valence-corrected chi connectivity index (χ4v) is 1.62. The predicted molar refractivity (Wildman–Crippen MR) is 76.7 cm³/mol. The minimum absolute atomic E-state index is 0.474. The van der Waals surface area contributed by atoms with Crippen molar-refractivity contribution in [3.63, 3.8) is 0 Å². The number of pyridine rings is 1. The lowest BCUT2D eigenvalue weighted by atomic mass is 10.1. The van der Waals surface area contributed by atoms with Gasteiger partial charge >= 0.3 is 6.09 Å². The average Bonchev–Trinajstić information content (AvgIpc) is 2.50. The number of benzene rings is 1. The molecule has 0 saturated carbocycles. The molecule has 5 nitrogen and oxygen atoms in total. The van der Waals surface area contributed by atoms with Gasteiger partial charge in [0.1, 0.15) is 5.75 Å². The Kier molecular flexibility index (Phi) is 4.83. The standard InChI is InChI=1S/C15H15N3O2/c1-2-14(12-8-10-16-11-9-12)17-18-15(19)20-13-6-4-3-5-7-13/h3-11H,2H2,1H3,(H,18,19). The van der Waals surface area contributed by atoms with Crippen molar-refractivity contribution >= 4 is 11.8 Å². The summed E-state index contributed by atoms with van der Waals surface area (Å²) in [5, 5.41) is 4.07. The number of hydrazone groups is 1. The molecule has 1 amide bonds. The molecule has 0 atom stereocenters. The molecule has 1 aromatic carbocycles. The molecule has 1 aromatic heterocycles. The predicted octanol–water partition coefficient (Wildman–Crippen LogP) is 2.98. The molecule has 0 aliphatic heterocycles. The van der Waals surface area contributed by atoms with Crippen LogP contribution in [0.15, 0.2) is 60.0 Å². The van der Waals surface area contributed by atoms with Gasteiger partial charge in [-0.15, -0.1) is 0 Å². The maximum absolute atomic E-state index is 11.6. The number of carbonyl (C=O) groups excluding carboxylic acids is 1. The molecule has 5 heteroatoms. The Balaban J connectivity index is 1.99. The molecule has 0 aliphatic rings. The monoisotopic (exact) mass is 269 g/mol. The first-order valence-corrected chi connectivity index (χ1v) is 6.29. The van der Waals surface area contributed by atoms with Crippen molar-refractivity contribution in [2.75, 3.05) is 0 Å². The molecule has 20 heavy (non-hydrogen) atoms. The molecule has 1 heterocycles. The molecule has 102 valence electrons. The van der Waals surface area contributed by atoms with Gasteiger partial charge in [0, 0.05) is 18.0 Å². The number of ether oxygens (including phenoxy) is 1. The summed E-state index contributed by atoms with van der Waals surface area (Å²) in [4.78, 5) is 15.6. The van der Waals surface area contributed by atoms with Gasteiger partial charge in [-0.2, -0.15) is 5.10 Å². The van der Waals surface area contributed by atoms with Crippen molar-refractivity contribution in [2.24, 2.45) is 5.10 Å². The van der Waals surface area contributed by atoms with E-state index in [1.54, 1.807) is 36.7 Å². The van der Waals surface area contributed by atoms with Gasteiger partial charge in [0.2, 0.25) is 0 Å². The Hall–Kier alpha value is -2.69. The van der Waals surface area contributed by atoms with Crippen LogP contribution in [0.25, 0.3) is 0 Å². The number of carbonyl (C=O) groups is 1. The number of nitrogens with zero attached hydrogens (tertiary/aromatic N) is 2. The molecule has 2 aromatic rings. The lowest BCUT2D eigenvalue weighted by molar-refractivity contribution is 0.201. The number of nitrogens with one attached hydrogen (secondary N) is 1. The van der Waals surface area contributed by atoms with E-state index in [1.165, 1.54) is 0 Å². The fourth-order valence-electron chi connectivity index (χ4n) is 1.62. The van der Waals surface area contributed by atoms with E-state index in [1.807, 2.05) is 25.1 Å². The summed E-state index contributed by atoms with van der Waals surface area (Å²) >= 11 is 0. The maximum Gasteiger partial charge on any atom is 0.433 e. The minimum Gasteiger partial charge on any atom is -0.409 e. The van der Waals surface area contributed by atoms with Crippen LogP contribution >= 0.6 is 0 Å². The third-order valence-corrected chi connectivity index (χ3v) is 2.58. The van der Waals surface area contributed by atoms with Crippen LogP contribution in [0.2, 0.25) is 0 Å². The van der Waals surface area contributed by atoms with Gasteiger partial charge in [0.25, 0.3) is 0 Å². The smallest absolute Gasteiger partial charge is 0.409 e. The molecular weight excluding hydrogens is 254 g/mol. The van der Waals surface area contributed by atoms with E-state index >= 15 is 0 Å². The van der Waals surface area contributed by atoms with E-state index < -0.39 is 6.09 Å². The van der Waals surface area contributed by atoms with E-state index in [9.17, 15) is 4.79 Å². The number of rotatable bonds is 4. The Labute approximate surface area is 117 Å². The molecule has 0 aliphatic carbocycles.